The molecule has 0 unspecified atom stereocenters. The van der Waals surface area contributed by atoms with Crippen molar-refractivity contribution in [3.63, 3.8) is 0 Å². The number of rotatable bonds is 1. The van der Waals surface area contributed by atoms with Crippen molar-refractivity contribution in [3.8, 4) is 0 Å². The van der Waals surface area contributed by atoms with Crippen LogP contribution in [-0.2, 0) is 11.3 Å². The number of amides is 1. The molecule has 0 N–H and O–H groups in total. The van der Waals surface area contributed by atoms with Crippen molar-refractivity contribution >= 4 is 5.91 Å². The molecule has 2 nitrogen and oxygen atoms in total. The first kappa shape index (κ1) is 11.5. The van der Waals surface area contributed by atoms with E-state index in [4.69, 9.17) is 0 Å². The van der Waals surface area contributed by atoms with Gasteiger partial charge in [0.1, 0.15) is 0 Å². The van der Waals surface area contributed by atoms with E-state index >= 15 is 0 Å². The van der Waals surface area contributed by atoms with Gasteiger partial charge in [-0.3, -0.25) is 4.79 Å². The summed E-state index contributed by atoms with van der Waals surface area (Å²) in [5, 5.41) is 0. The van der Waals surface area contributed by atoms with Crippen molar-refractivity contribution in [1.82, 2.24) is 4.90 Å². The molecule has 0 radical (unpaired) electrons. The molecule has 1 aliphatic heterocycles. The fraction of sp³-hybridized carbons (Fsp3) is 0.438. The molecule has 2 heteroatoms. The van der Waals surface area contributed by atoms with E-state index in [1.807, 2.05) is 0 Å². The van der Waals surface area contributed by atoms with Gasteiger partial charge in [-0.15, -0.1) is 0 Å². The van der Waals surface area contributed by atoms with Gasteiger partial charge in [-0.1, -0.05) is 43.7 Å². The average molecular weight is 241 g/mol. The highest BCUT2D eigenvalue weighted by Crippen LogP contribution is 2.42. The third-order valence-corrected chi connectivity index (χ3v) is 4.38. The predicted octanol–water partition coefficient (Wildman–Crippen LogP) is 3.45. The van der Waals surface area contributed by atoms with Gasteiger partial charge < -0.3 is 4.90 Å². The summed E-state index contributed by atoms with van der Waals surface area (Å²) in [5.74, 6) is 0.860. The molecule has 1 heterocycles. The Morgan fingerprint density at radius 2 is 1.89 bits per heavy atom. The molecule has 1 aromatic rings. The fourth-order valence-corrected chi connectivity index (χ4v) is 3.47. The molecule has 1 saturated carbocycles. The number of fused-ring (bicyclic) bond motifs is 3. The lowest BCUT2D eigenvalue weighted by molar-refractivity contribution is -0.134. The van der Waals surface area contributed by atoms with Gasteiger partial charge in [0.2, 0.25) is 5.91 Å². The van der Waals surface area contributed by atoms with Crippen molar-refractivity contribution in [2.45, 2.75) is 38.1 Å². The van der Waals surface area contributed by atoms with E-state index in [1.165, 1.54) is 24.0 Å². The van der Waals surface area contributed by atoms with Gasteiger partial charge in [-0.05, 0) is 36.1 Å². The summed E-state index contributed by atoms with van der Waals surface area (Å²) in [6, 6.07) is 8.51. The van der Waals surface area contributed by atoms with Gasteiger partial charge in [0.25, 0.3) is 0 Å². The minimum atomic E-state index is 0.167. The Labute approximate surface area is 108 Å². The van der Waals surface area contributed by atoms with Gasteiger partial charge in [0, 0.05) is 5.92 Å². The van der Waals surface area contributed by atoms with E-state index in [9.17, 15) is 4.79 Å². The number of benzene rings is 1. The maximum Gasteiger partial charge on any atom is 0.230 e. The summed E-state index contributed by atoms with van der Waals surface area (Å²) in [5.41, 5.74) is 2.68. The minimum absolute atomic E-state index is 0.167. The summed E-state index contributed by atoms with van der Waals surface area (Å²) in [7, 11) is 0. The minimum Gasteiger partial charge on any atom is -0.315 e. The Balaban J connectivity index is 2.08. The zero-order valence-corrected chi connectivity index (χ0v) is 10.6. The monoisotopic (exact) mass is 241 g/mol. The Morgan fingerprint density at radius 3 is 2.67 bits per heavy atom. The van der Waals surface area contributed by atoms with E-state index in [0.29, 0.717) is 12.5 Å². The van der Waals surface area contributed by atoms with Gasteiger partial charge in [-0.2, -0.15) is 0 Å². The maximum absolute atomic E-state index is 12.5. The van der Waals surface area contributed by atoms with Gasteiger partial charge in [0.05, 0.1) is 6.54 Å². The average Bonchev–Trinajstić information content (AvgIpc) is 2.55. The van der Waals surface area contributed by atoms with Crippen LogP contribution in [0.1, 0.15) is 42.7 Å². The third kappa shape index (κ3) is 1.76. The first-order chi connectivity index (χ1) is 8.81. The zero-order valence-electron chi connectivity index (χ0n) is 10.6. The number of nitrogens with zero attached hydrogens (tertiary/aromatic N) is 1. The van der Waals surface area contributed by atoms with Crippen LogP contribution in [0, 0.1) is 5.92 Å². The lowest BCUT2D eigenvalue weighted by Gasteiger charge is -2.30. The molecule has 2 atom stereocenters. The van der Waals surface area contributed by atoms with Crippen molar-refractivity contribution in [1.29, 1.82) is 0 Å². The summed E-state index contributed by atoms with van der Waals surface area (Å²) >= 11 is 0. The number of hydrogen-bond donors (Lipinski definition) is 0. The largest absolute Gasteiger partial charge is 0.315 e. The van der Waals surface area contributed by atoms with Crippen molar-refractivity contribution in [3.05, 3.63) is 48.2 Å². The van der Waals surface area contributed by atoms with Gasteiger partial charge >= 0.3 is 0 Å². The second-order valence-corrected chi connectivity index (χ2v) is 5.34. The third-order valence-electron chi connectivity index (χ3n) is 4.38. The van der Waals surface area contributed by atoms with Crippen molar-refractivity contribution in [2.24, 2.45) is 5.92 Å². The number of carbonyl (C=O) groups is 1. The van der Waals surface area contributed by atoms with E-state index in [0.717, 1.165) is 12.8 Å². The van der Waals surface area contributed by atoms with Crippen LogP contribution in [0.25, 0.3) is 0 Å². The Hall–Kier alpha value is -1.57. The quantitative estimate of drug-likeness (QED) is 0.737. The predicted molar refractivity (Wildman–Crippen MR) is 71.9 cm³/mol. The highest BCUT2D eigenvalue weighted by atomic mass is 16.2. The van der Waals surface area contributed by atoms with E-state index < -0.39 is 0 Å². The summed E-state index contributed by atoms with van der Waals surface area (Å²) < 4.78 is 0. The fourth-order valence-electron chi connectivity index (χ4n) is 3.47. The summed E-state index contributed by atoms with van der Waals surface area (Å²) in [6.07, 6.45) is 6.30. The summed E-state index contributed by atoms with van der Waals surface area (Å²) in [4.78, 5) is 14.3. The maximum atomic E-state index is 12.5. The first-order valence-electron chi connectivity index (χ1n) is 6.82. The molecule has 0 saturated heterocycles. The van der Waals surface area contributed by atoms with Crippen LogP contribution < -0.4 is 0 Å². The van der Waals surface area contributed by atoms with Crippen LogP contribution in [0.2, 0.25) is 0 Å². The normalized spacial score (nSPS) is 27.1. The SMILES string of the molecule is C=CN1Cc2ccccc2[C@H]2CCCC[C@@H]2C1=O. The van der Waals surface area contributed by atoms with Crippen molar-refractivity contribution in [2.75, 3.05) is 0 Å². The molecule has 1 aliphatic carbocycles. The molecular formula is C16H19NO. The highest BCUT2D eigenvalue weighted by molar-refractivity contribution is 5.81. The zero-order chi connectivity index (χ0) is 12.5. The molecule has 3 rings (SSSR count). The second-order valence-electron chi connectivity index (χ2n) is 5.34. The smallest absolute Gasteiger partial charge is 0.230 e. The van der Waals surface area contributed by atoms with E-state index in [2.05, 4.69) is 30.8 Å². The van der Waals surface area contributed by atoms with E-state index in [1.54, 1.807) is 11.1 Å². The topological polar surface area (TPSA) is 20.3 Å². The standard InChI is InChI=1S/C16H19NO/c1-2-17-11-12-7-3-4-8-13(12)14-9-5-6-10-15(14)16(17)18/h2-4,7-8,14-15H,1,5-6,9-11H2/t14-,15+/m1/s1. The summed E-state index contributed by atoms with van der Waals surface area (Å²) in [6.45, 7) is 4.48. The molecule has 0 aromatic heterocycles. The molecule has 1 aromatic carbocycles. The molecule has 18 heavy (non-hydrogen) atoms. The number of hydrogen-bond acceptors (Lipinski definition) is 1. The van der Waals surface area contributed by atoms with E-state index in [-0.39, 0.29) is 11.8 Å². The Bertz CT molecular complexity index is 480. The van der Waals surface area contributed by atoms with Crippen LogP contribution in [0.4, 0.5) is 0 Å². The highest BCUT2D eigenvalue weighted by Gasteiger charge is 2.37. The molecule has 0 bridgehead atoms. The van der Waals surface area contributed by atoms with Crippen LogP contribution in [-0.4, -0.2) is 10.8 Å². The van der Waals surface area contributed by atoms with Gasteiger partial charge in [0.15, 0.2) is 0 Å². The van der Waals surface area contributed by atoms with Crippen LogP contribution in [0.15, 0.2) is 37.0 Å². The number of carbonyl (C=O) groups excluding carboxylic acids is 1. The molecule has 0 spiro atoms. The van der Waals surface area contributed by atoms with Gasteiger partial charge in [-0.25, -0.2) is 0 Å². The molecule has 1 amide bonds. The Morgan fingerprint density at radius 1 is 1.17 bits per heavy atom. The van der Waals surface area contributed by atoms with Crippen molar-refractivity contribution < 1.29 is 4.79 Å². The van der Waals surface area contributed by atoms with Crippen LogP contribution in [0.3, 0.4) is 0 Å². The second kappa shape index (κ2) is 4.60. The van der Waals surface area contributed by atoms with Crippen LogP contribution in [0.5, 0.6) is 0 Å². The molecule has 2 aliphatic rings. The molecule has 94 valence electrons. The lowest BCUT2D eigenvalue weighted by atomic mass is 9.74. The van der Waals surface area contributed by atoms with Crippen LogP contribution >= 0.6 is 0 Å². The molecular weight excluding hydrogens is 222 g/mol. The lowest BCUT2D eigenvalue weighted by Crippen LogP contribution is -2.33. The Kier molecular flexibility index (Phi) is 2.94. The molecule has 1 fully saturated rings. The first-order valence-corrected chi connectivity index (χ1v) is 6.82.